The predicted molar refractivity (Wildman–Crippen MR) is 93.7 cm³/mol. The average molecular weight is 323 g/mol. The number of carbonyl (C=O) groups excluding carboxylic acids is 1. The number of aromatic nitrogens is 2. The maximum Gasteiger partial charge on any atom is 0.220 e. The molecule has 1 aromatic heterocycles. The molecule has 1 N–H and O–H groups in total. The molecule has 2 fully saturated rings. The van der Waals surface area contributed by atoms with Crippen LogP contribution in [0.15, 0.2) is 43.0 Å². The maximum atomic E-state index is 12.4. The minimum Gasteiger partial charge on any atom is -0.350 e. The first-order chi connectivity index (χ1) is 11.7. The third-order valence-electron chi connectivity index (χ3n) is 5.91. The molecule has 2 aliphatic carbocycles. The van der Waals surface area contributed by atoms with E-state index in [1.807, 2.05) is 10.8 Å². The van der Waals surface area contributed by atoms with E-state index in [9.17, 15) is 4.79 Å². The number of imidazole rings is 1. The van der Waals surface area contributed by atoms with Crippen LogP contribution in [-0.4, -0.2) is 15.5 Å². The lowest BCUT2D eigenvalue weighted by Crippen LogP contribution is -2.29. The van der Waals surface area contributed by atoms with Crippen LogP contribution in [0, 0.1) is 17.8 Å². The molecule has 4 atom stereocenters. The number of nitrogens with one attached hydrogen (secondary N) is 1. The molecule has 4 unspecified atom stereocenters. The van der Waals surface area contributed by atoms with Gasteiger partial charge < -0.3 is 9.88 Å². The molecule has 2 aliphatic rings. The molecule has 0 radical (unpaired) electrons. The summed E-state index contributed by atoms with van der Waals surface area (Å²) in [4.78, 5) is 16.5. The zero-order chi connectivity index (χ0) is 16.5. The fourth-order valence-electron chi connectivity index (χ4n) is 4.60. The molecule has 4 nitrogen and oxygen atoms in total. The quantitative estimate of drug-likeness (QED) is 0.908. The van der Waals surface area contributed by atoms with Gasteiger partial charge in [0.15, 0.2) is 0 Å². The van der Waals surface area contributed by atoms with E-state index in [4.69, 9.17) is 0 Å². The Morgan fingerprint density at radius 1 is 1.29 bits per heavy atom. The van der Waals surface area contributed by atoms with Crippen LogP contribution in [0.4, 0.5) is 0 Å². The summed E-state index contributed by atoms with van der Waals surface area (Å²) < 4.78 is 1.97. The van der Waals surface area contributed by atoms with Crippen molar-refractivity contribution in [1.29, 1.82) is 0 Å². The standard InChI is InChI=1S/C20H25N3O/c1-14(16-4-6-19(7-5-16)23-9-8-21-13-23)22-20(24)12-18-11-15-2-3-17(18)10-15/h4-9,13-15,17-18H,2-3,10-12H2,1H3,(H,22,24). The summed E-state index contributed by atoms with van der Waals surface area (Å²) in [7, 11) is 0. The van der Waals surface area contributed by atoms with E-state index < -0.39 is 0 Å². The Morgan fingerprint density at radius 2 is 2.12 bits per heavy atom. The Labute approximate surface area is 143 Å². The summed E-state index contributed by atoms with van der Waals surface area (Å²) in [5.41, 5.74) is 2.22. The van der Waals surface area contributed by atoms with Gasteiger partial charge in [-0.15, -0.1) is 0 Å². The number of benzene rings is 1. The van der Waals surface area contributed by atoms with Crippen molar-refractivity contribution in [2.24, 2.45) is 17.8 Å². The van der Waals surface area contributed by atoms with Gasteiger partial charge in [0.2, 0.25) is 5.91 Å². The van der Waals surface area contributed by atoms with Crippen LogP contribution in [0.1, 0.15) is 50.6 Å². The number of carbonyl (C=O) groups is 1. The number of hydrogen-bond acceptors (Lipinski definition) is 2. The van der Waals surface area contributed by atoms with Gasteiger partial charge in [-0.05, 0) is 61.6 Å². The van der Waals surface area contributed by atoms with Crippen molar-refractivity contribution in [3.05, 3.63) is 48.5 Å². The largest absolute Gasteiger partial charge is 0.350 e. The lowest BCUT2D eigenvalue weighted by molar-refractivity contribution is -0.123. The number of amides is 1. The van der Waals surface area contributed by atoms with Crippen LogP contribution < -0.4 is 5.32 Å². The van der Waals surface area contributed by atoms with Crippen LogP contribution in [-0.2, 0) is 4.79 Å². The first kappa shape index (κ1) is 15.4. The smallest absolute Gasteiger partial charge is 0.220 e. The van der Waals surface area contributed by atoms with Crippen molar-refractivity contribution >= 4 is 5.91 Å². The molecular weight excluding hydrogens is 298 g/mol. The predicted octanol–water partition coefficient (Wildman–Crippen LogP) is 3.88. The third kappa shape index (κ3) is 3.10. The van der Waals surface area contributed by atoms with Crippen LogP contribution >= 0.6 is 0 Å². The van der Waals surface area contributed by atoms with Crippen molar-refractivity contribution in [3.63, 3.8) is 0 Å². The van der Waals surface area contributed by atoms with E-state index >= 15 is 0 Å². The highest BCUT2D eigenvalue weighted by Crippen LogP contribution is 2.49. The summed E-state index contributed by atoms with van der Waals surface area (Å²) in [6.45, 7) is 2.06. The van der Waals surface area contributed by atoms with E-state index in [0.29, 0.717) is 12.3 Å². The Balaban J connectivity index is 1.33. The highest BCUT2D eigenvalue weighted by atomic mass is 16.1. The molecule has 126 valence electrons. The van der Waals surface area contributed by atoms with Crippen molar-refractivity contribution in [1.82, 2.24) is 14.9 Å². The molecule has 0 saturated heterocycles. The van der Waals surface area contributed by atoms with E-state index in [1.54, 1.807) is 12.5 Å². The topological polar surface area (TPSA) is 46.9 Å². The van der Waals surface area contributed by atoms with Crippen LogP contribution in [0.5, 0.6) is 0 Å². The molecule has 1 heterocycles. The number of nitrogens with zero attached hydrogens (tertiary/aromatic N) is 2. The molecule has 4 rings (SSSR count). The van der Waals surface area contributed by atoms with E-state index in [0.717, 1.165) is 23.1 Å². The Bertz CT molecular complexity index is 692. The molecule has 0 spiro atoms. The molecule has 2 bridgehead atoms. The van der Waals surface area contributed by atoms with E-state index in [2.05, 4.69) is 41.5 Å². The highest BCUT2D eigenvalue weighted by molar-refractivity contribution is 5.76. The van der Waals surface area contributed by atoms with Gasteiger partial charge >= 0.3 is 0 Å². The molecule has 2 aromatic rings. The fourth-order valence-corrected chi connectivity index (χ4v) is 4.60. The zero-order valence-corrected chi connectivity index (χ0v) is 14.2. The molecule has 1 amide bonds. The van der Waals surface area contributed by atoms with Crippen molar-refractivity contribution < 1.29 is 4.79 Å². The van der Waals surface area contributed by atoms with Crippen molar-refractivity contribution in [3.8, 4) is 5.69 Å². The van der Waals surface area contributed by atoms with Gasteiger partial charge in [-0.25, -0.2) is 4.98 Å². The van der Waals surface area contributed by atoms with E-state index in [-0.39, 0.29) is 11.9 Å². The van der Waals surface area contributed by atoms with Crippen molar-refractivity contribution in [2.45, 2.75) is 45.1 Å². The molecule has 4 heteroatoms. The van der Waals surface area contributed by atoms with Gasteiger partial charge in [0.25, 0.3) is 0 Å². The number of hydrogen-bond donors (Lipinski definition) is 1. The minimum absolute atomic E-state index is 0.0490. The maximum absolute atomic E-state index is 12.4. The van der Waals surface area contributed by atoms with Gasteiger partial charge in [0, 0.05) is 24.5 Å². The Hall–Kier alpha value is -2.10. The molecule has 1 aromatic carbocycles. The van der Waals surface area contributed by atoms with E-state index in [1.165, 1.54) is 25.7 Å². The van der Waals surface area contributed by atoms with Crippen LogP contribution in [0.2, 0.25) is 0 Å². The lowest BCUT2D eigenvalue weighted by Gasteiger charge is -2.22. The zero-order valence-electron chi connectivity index (χ0n) is 14.2. The summed E-state index contributed by atoms with van der Waals surface area (Å²) >= 11 is 0. The van der Waals surface area contributed by atoms with Crippen LogP contribution in [0.25, 0.3) is 5.69 Å². The second-order valence-electron chi connectivity index (χ2n) is 7.49. The Kier molecular flexibility index (Phi) is 4.13. The van der Waals surface area contributed by atoms with Crippen LogP contribution in [0.3, 0.4) is 0 Å². The fraction of sp³-hybridized carbons (Fsp3) is 0.500. The monoisotopic (exact) mass is 323 g/mol. The summed E-state index contributed by atoms with van der Waals surface area (Å²) in [6.07, 6.45) is 11.6. The van der Waals surface area contributed by atoms with Crippen molar-refractivity contribution in [2.75, 3.05) is 0 Å². The molecule has 0 aliphatic heterocycles. The van der Waals surface area contributed by atoms with Gasteiger partial charge in [-0.2, -0.15) is 0 Å². The van der Waals surface area contributed by atoms with Gasteiger partial charge in [0.1, 0.15) is 0 Å². The average Bonchev–Trinajstić information content (AvgIpc) is 3.32. The summed E-state index contributed by atoms with van der Waals surface area (Å²) in [5.74, 6) is 2.55. The van der Waals surface area contributed by atoms with Gasteiger partial charge in [-0.1, -0.05) is 18.6 Å². The SMILES string of the molecule is CC(NC(=O)CC1CC2CCC1C2)c1ccc(-n2ccnc2)cc1. The second-order valence-corrected chi connectivity index (χ2v) is 7.49. The van der Waals surface area contributed by atoms with Gasteiger partial charge in [0.05, 0.1) is 12.4 Å². The number of fused-ring (bicyclic) bond motifs is 2. The lowest BCUT2D eigenvalue weighted by atomic mass is 9.86. The molecule has 24 heavy (non-hydrogen) atoms. The van der Waals surface area contributed by atoms with Gasteiger partial charge in [-0.3, -0.25) is 4.79 Å². The summed E-state index contributed by atoms with van der Waals surface area (Å²) in [6, 6.07) is 8.34. The first-order valence-electron chi connectivity index (χ1n) is 9.06. The third-order valence-corrected chi connectivity index (χ3v) is 5.91. The minimum atomic E-state index is 0.0490. The first-order valence-corrected chi connectivity index (χ1v) is 9.06. The normalized spacial score (nSPS) is 26.5. The second kappa shape index (κ2) is 6.42. The highest BCUT2D eigenvalue weighted by Gasteiger charge is 2.40. The Morgan fingerprint density at radius 3 is 2.75 bits per heavy atom. The summed E-state index contributed by atoms with van der Waals surface area (Å²) in [5, 5.41) is 3.18. The molecule has 2 saturated carbocycles. The number of rotatable bonds is 5. The molecular formula is C20H25N3O.